The molecular formula is C14H10BrClF2O. The van der Waals surface area contributed by atoms with E-state index in [0.717, 1.165) is 23.8 Å². The maximum Gasteiger partial charge on any atom is 0.130 e. The van der Waals surface area contributed by atoms with Gasteiger partial charge in [-0.2, -0.15) is 0 Å². The van der Waals surface area contributed by atoms with Gasteiger partial charge in [0.1, 0.15) is 24.0 Å². The van der Waals surface area contributed by atoms with Crippen molar-refractivity contribution in [2.24, 2.45) is 0 Å². The van der Waals surface area contributed by atoms with Crippen LogP contribution < -0.4 is 4.74 Å². The van der Waals surface area contributed by atoms with Gasteiger partial charge >= 0.3 is 0 Å². The first-order valence-corrected chi connectivity index (χ1v) is 7.01. The van der Waals surface area contributed by atoms with Crippen molar-refractivity contribution < 1.29 is 13.5 Å². The highest BCUT2D eigenvalue weighted by atomic mass is 79.9. The van der Waals surface area contributed by atoms with Crippen LogP contribution in [0.25, 0.3) is 0 Å². The van der Waals surface area contributed by atoms with Gasteiger partial charge in [0, 0.05) is 21.5 Å². The van der Waals surface area contributed by atoms with Crippen LogP contribution in [-0.2, 0) is 11.9 Å². The third-order valence-corrected chi connectivity index (χ3v) is 3.40. The summed E-state index contributed by atoms with van der Waals surface area (Å²) in [6.07, 6.45) is 0. The van der Waals surface area contributed by atoms with E-state index in [1.165, 1.54) is 0 Å². The molecule has 0 aromatic heterocycles. The molecular weight excluding hydrogens is 338 g/mol. The largest absolute Gasteiger partial charge is 0.488 e. The summed E-state index contributed by atoms with van der Waals surface area (Å²) in [6, 6.07) is 8.43. The zero-order valence-electron chi connectivity index (χ0n) is 9.80. The lowest BCUT2D eigenvalue weighted by Gasteiger charge is -2.11. The average Bonchev–Trinajstić information content (AvgIpc) is 2.40. The van der Waals surface area contributed by atoms with E-state index in [0.29, 0.717) is 16.1 Å². The Morgan fingerprint density at radius 1 is 1.05 bits per heavy atom. The van der Waals surface area contributed by atoms with Crippen LogP contribution in [0.4, 0.5) is 8.78 Å². The molecule has 1 nitrogen and oxygen atoms in total. The monoisotopic (exact) mass is 346 g/mol. The number of halogens is 4. The Bertz CT molecular complexity index is 590. The summed E-state index contributed by atoms with van der Waals surface area (Å²) in [6.45, 7) is -0.0365. The molecule has 0 unspecified atom stereocenters. The van der Waals surface area contributed by atoms with Crippen molar-refractivity contribution >= 4 is 27.5 Å². The first-order valence-electron chi connectivity index (χ1n) is 5.51. The summed E-state index contributed by atoms with van der Waals surface area (Å²) in [5.41, 5.74) is 1.03. The van der Waals surface area contributed by atoms with Gasteiger partial charge < -0.3 is 4.74 Å². The van der Waals surface area contributed by atoms with E-state index in [4.69, 9.17) is 16.3 Å². The smallest absolute Gasteiger partial charge is 0.130 e. The van der Waals surface area contributed by atoms with Gasteiger partial charge in [-0.25, -0.2) is 8.78 Å². The molecule has 100 valence electrons. The van der Waals surface area contributed by atoms with Crippen LogP contribution in [0.3, 0.4) is 0 Å². The van der Waals surface area contributed by atoms with Crippen LogP contribution in [0.2, 0.25) is 5.02 Å². The fraction of sp³-hybridized carbons (Fsp3) is 0.143. The predicted molar refractivity (Wildman–Crippen MR) is 74.8 cm³/mol. The zero-order valence-corrected chi connectivity index (χ0v) is 12.1. The summed E-state index contributed by atoms with van der Waals surface area (Å²) in [5, 5.41) is 1.16. The minimum Gasteiger partial charge on any atom is -0.488 e. The predicted octanol–water partition coefficient (Wildman–Crippen LogP) is 5.09. The minimum atomic E-state index is -0.490. The molecule has 0 N–H and O–H groups in total. The maximum absolute atomic E-state index is 13.4. The van der Waals surface area contributed by atoms with Crippen LogP contribution in [-0.4, -0.2) is 0 Å². The molecule has 0 atom stereocenters. The van der Waals surface area contributed by atoms with Crippen LogP contribution in [0.15, 0.2) is 36.4 Å². The first kappa shape index (κ1) is 14.3. The van der Waals surface area contributed by atoms with E-state index in [2.05, 4.69) is 15.9 Å². The van der Waals surface area contributed by atoms with Gasteiger partial charge in [0.05, 0.1) is 0 Å². The molecule has 0 aliphatic carbocycles. The Morgan fingerprint density at radius 2 is 1.84 bits per heavy atom. The maximum atomic E-state index is 13.4. The fourth-order valence-corrected chi connectivity index (χ4v) is 2.24. The highest BCUT2D eigenvalue weighted by molar-refractivity contribution is 9.08. The van der Waals surface area contributed by atoms with Gasteiger partial charge in [-0.3, -0.25) is 0 Å². The quantitative estimate of drug-likeness (QED) is 0.700. The molecule has 0 fully saturated rings. The zero-order chi connectivity index (χ0) is 13.8. The molecule has 2 aromatic rings. The van der Waals surface area contributed by atoms with Gasteiger partial charge in [-0.05, 0) is 36.4 Å². The van der Waals surface area contributed by atoms with E-state index in [-0.39, 0.29) is 12.2 Å². The minimum absolute atomic E-state index is 0.0365. The summed E-state index contributed by atoms with van der Waals surface area (Å²) in [4.78, 5) is 0. The molecule has 0 aliphatic rings. The van der Waals surface area contributed by atoms with E-state index >= 15 is 0 Å². The summed E-state index contributed by atoms with van der Waals surface area (Å²) >= 11 is 9.19. The Balaban J connectivity index is 2.16. The molecule has 0 saturated heterocycles. The molecule has 0 heterocycles. The summed E-state index contributed by atoms with van der Waals surface area (Å²) < 4.78 is 32.0. The van der Waals surface area contributed by atoms with Gasteiger partial charge in [0.2, 0.25) is 0 Å². The van der Waals surface area contributed by atoms with Crippen molar-refractivity contribution in [3.63, 3.8) is 0 Å². The van der Waals surface area contributed by atoms with Crippen LogP contribution in [0, 0.1) is 11.6 Å². The second-order valence-corrected chi connectivity index (χ2v) is 4.91. The molecule has 0 saturated carbocycles. The average molecular weight is 348 g/mol. The number of hydrogen-bond donors (Lipinski definition) is 0. The molecule has 0 bridgehead atoms. The first-order chi connectivity index (χ1) is 9.10. The lowest BCUT2D eigenvalue weighted by Crippen LogP contribution is -2.01. The van der Waals surface area contributed by atoms with Crippen molar-refractivity contribution in [2.75, 3.05) is 0 Å². The number of alkyl halides is 1. The fourth-order valence-electron chi connectivity index (χ4n) is 1.60. The number of ether oxygens (including phenoxy) is 1. The van der Waals surface area contributed by atoms with Crippen LogP contribution >= 0.6 is 27.5 Å². The highest BCUT2D eigenvalue weighted by Gasteiger charge is 2.07. The lowest BCUT2D eigenvalue weighted by molar-refractivity contribution is 0.297. The van der Waals surface area contributed by atoms with Gasteiger partial charge in [0.15, 0.2) is 0 Å². The number of benzene rings is 2. The van der Waals surface area contributed by atoms with E-state index in [1.54, 1.807) is 18.2 Å². The van der Waals surface area contributed by atoms with Crippen LogP contribution in [0.1, 0.15) is 11.1 Å². The van der Waals surface area contributed by atoms with E-state index in [9.17, 15) is 8.78 Å². The van der Waals surface area contributed by atoms with Gasteiger partial charge in [-0.15, -0.1) is 0 Å². The Hall–Kier alpha value is -1.13. The normalized spacial score (nSPS) is 10.5. The standard InChI is InChI=1S/C14H10BrClF2O/c15-7-9-5-11(16)1-4-14(9)19-8-10-6-12(17)2-3-13(10)18/h1-6H,7-8H2. The Labute approximate surface area is 123 Å². The molecule has 0 aliphatic heterocycles. The second kappa shape index (κ2) is 6.35. The molecule has 19 heavy (non-hydrogen) atoms. The Kier molecular flexibility index (Phi) is 4.77. The third-order valence-electron chi connectivity index (χ3n) is 2.56. The van der Waals surface area contributed by atoms with Crippen molar-refractivity contribution in [1.82, 2.24) is 0 Å². The number of hydrogen-bond acceptors (Lipinski definition) is 1. The highest BCUT2D eigenvalue weighted by Crippen LogP contribution is 2.26. The van der Waals surface area contributed by atoms with Gasteiger partial charge in [0.25, 0.3) is 0 Å². The van der Waals surface area contributed by atoms with Crippen molar-refractivity contribution in [2.45, 2.75) is 11.9 Å². The SMILES string of the molecule is Fc1ccc(F)c(COc2ccc(Cl)cc2CBr)c1. The van der Waals surface area contributed by atoms with E-state index < -0.39 is 11.6 Å². The summed E-state index contributed by atoms with van der Waals surface area (Å²) in [5.74, 6) is -0.391. The number of rotatable bonds is 4. The van der Waals surface area contributed by atoms with Crippen molar-refractivity contribution in [3.8, 4) is 5.75 Å². The topological polar surface area (TPSA) is 9.23 Å². The van der Waals surface area contributed by atoms with Crippen molar-refractivity contribution in [3.05, 3.63) is 64.2 Å². The van der Waals surface area contributed by atoms with E-state index in [1.807, 2.05) is 0 Å². The molecule has 5 heteroatoms. The Morgan fingerprint density at radius 3 is 2.58 bits per heavy atom. The second-order valence-electron chi connectivity index (χ2n) is 3.91. The molecule has 0 spiro atoms. The van der Waals surface area contributed by atoms with Gasteiger partial charge in [-0.1, -0.05) is 27.5 Å². The summed E-state index contributed by atoms with van der Waals surface area (Å²) in [7, 11) is 0. The van der Waals surface area contributed by atoms with Crippen LogP contribution in [0.5, 0.6) is 5.75 Å². The molecule has 0 amide bonds. The van der Waals surface area contributed by atoms with Crippen molar-refractivity contribution in [1.29, 1.82) is 0 Å². The molecule has 2 aromatic carbocycles. The molecule has 0 radical (unpaired) electrons. The lowest BCUT2D eigenvalue weighted by atomic mass is 10.2. The molecule has 2 rings (SSSR count). The third kappa shape index (κ3) is 3.67.